The summed E-state index contributed by atoms with van der Waals surface area (Å²) in [4.78, 5) is 0. The van der Waals surface area contributed by atoms with Crippen molar-refractivity contribution < 1.29 is 0 Å². The molecule has 0 fully saturated rings. The first-order valence-corrected chi connectivity index (χ1v) is 7.27. The molecule has 0 aliphatic carbocycles. The summed E-state index contributed by atoms with van der Waals surface area (Å²) in [6, 6.07) is 0. The zero-order valence-corrected chi connectivity index (χ0v) is 13.3. The molecule has 0 saturated carbocycles. The molecule has 0 aromatic heterocycles. The zero-order valence-electron chi connectivity index (χ0n) is 13.3. The highest BCUT2D eigenvalue weighted by atomic mass is 14.1. The lowest BCUT2D eigenvalue weighted by molar-refractivity contribution is 0.460. The number of rotatable bonds is 6. The van der Waals surface area contributed by atoms with Crippen molar-refractivity contribution in [1.82, 2.24) is 0 Å². The summed E-state index contributed by atoms with van der Waals surface area (Å²) in [5.74, 6) is 1.59. The van der Waals surface area contributed by atoms with Gasteiger partial charge < -0.3 is 0 Å². The Morgan fingerprint density at radius 2 is 1.35 bits per heavy atom. The third-order valence-corrected chi connectivity index (χ3v) is 2.50. The van der Waals surface area contributed by atoms with Crippen LogP contribution in [0, 0.1) is 11.8 Å². The second-order valence-electron chi connectivity index (χ2n) is 4.71. The Morgan fingerprint density at radius 1 is 0.941 bits per heavy atom. The van der Waals surface area contributed by atoms with E-state index in [0.29, 0.717) is 5.92 Å². The monoisotopic (exact) mass is 240 g/mol. The van der Waals surface area contributed by atoms with E-state index >= 15 is 0 Å². The summed E-state index contributed by atoms with van der Waals surface area (Å²) in [6.07, 6.45) is 10.2. The maximum absolute atomic E-state index is 3.76. The summed E-state index contributed by atoms with van der Waals surface area (Å²) in [5.41, 5.74) is 0. The Hall–Kier alpha value is -0.520. The highest BCUT2D eigenvalue weighted by molar-refractivity contribution is 4.74. The van der Waals surface area contributed by atoms with Gasteiger partial charge in [0.2, 0.25) is 0 Å². The summed E-state index contributed by atoms with van der Waals surface area (Å²) in [6.45, 7) is 20.4. The number of allylic oxidation sites excluding steroid dienone is 2. The molecule has 0 amide bonds. The van der Waals surface area contributed by atoms with Gasteiger partial charge in [-0.25, -0.2) is 0 Å². The Kier molecular flexibility index (Phi) is 26.6. The molecule has 0 N–H and O–H groups in total. The fourth-order valence-corrected chi connectivity index (χ4v) is 0.869. The topological polar surface area (TPSA) is 0 Å². The molecule has 0 radical (unpaired) electrons. The van der Waals surface area contributed by atoms with Crippen LogP contribution >= 0.6 is 0 Å². The average molecular weight is 240 g/mol. The van der Waals surface area contributed by atoms with Gasteiger partial charge in [0, 0.05) is 0 Å². The number of hydrogen-bond donors (Lipinski definition) is 0. The molecule has 0 aromatic rings. The van der Waals surface area contributed by atoms with Crippen LogP contribution in [0.25, 0.3) is 0 Å². The molecule has 0 aliphatic rings. The summed E-state index contributed by atoms with van der Waals surface area (Å²) in [5, 5.41) is 0. The Bertz CT molecular complexity index is 135. The van der Waals surface area contributed by atoms with Gasteiger partial charge in [0.25, 0.3) is 0 Å². The highest BCUT2D eigenvalue weighted by Crippen LogP contribution is 2.14. The van der Waals surface area contributed by atoms with Crippen LogP contribution in [0.1, 0.15) is 73.6 Å². The van der Waals surface area contributed by atoms with Crippen molar-refractivity contribution in [3.63, 3.8) is 0 Å². The lowest BCUT2D eigenvalue weighted by Crippen LogP contribution is -1.96. The van der Waals surface area contributed by atoms with E-state index in [1.807, 2.05) is 12.2 Å². The first-order chi connectivity index (χ1) is 8.03. The van der Waals surface area contributed by atoms with Gasteiger partial charge in [-0.3, -0.25) is 0 Å². The molecule has 2 unspecified atom stereocenters. The second-order valence-corrected chi connectivity index (χ2v) is 4.71. The summed E-state index contributed by atoms with van der Waals surface area (Å²) >= 11 is 0. The van der Waals surface area contributed by atoms with Crippen LogP contribution in [0.5, 0.6) is 0 Å². The van der Waals surface area contributed by atoms with Crippen LogP contribution in [0.2, 0.25) is 0 Å². The van der Waals surface area contributed by atoms with E-state index in [1.54, 1.807) is 0 Å². The molecule has 104 valence electrons. The minimum Gasteiger partial charge on any atom is -0.103 e. The first-order valence-electron chi connectivity index (χ1n) is 7.27. The van der Waals surface area contributed by atoms with Crippen LogP contribution in [0.15, 0.2) is 25.3 Å². The third kappa shape index (κ3) is 31.3. The first kappa shape index (κ1) is 21.7. The maximum Gasteiger partial charge on any atom is -0.0265 e. The normalized spacial score (nSPS) is 12.1. The molecule has 0 heterocycles. The summed E-state index contributed by atoms with van der Waals surface area (Å²) in [7, 11) is 0. The minimum atomic E-state index is 0.703. The molecule has 0 aromatic carbocycles. The van der Waals surface area contributed by atoms with E-state index in [0.717, 1.165) is 12.3 Å². The van der Waals surface area contributed by atoms with Crippen molar-refractivity contribution in [2.24, 2.45) is 11.8 Å². The predicted molar refractivity (Wildman–Crippen MR) is 84.5 cm³/mol. The minimum absolute atomic E-state index is 0.703. The zero-order chi connectivity index (χ0) is 14.1. The van der Waals surface area contributed by atoms with E-state index in [4.69, 9.17) is 0 Å². The second kappa shape index (κ2) is 20.8. The predicted octanol–water partition coefficient (Wildman–Crippen LogP) is 6.63. The number of hydrogen-bond acceptors (Lipinski definition) is 0. The largest absolute Gasteiger partial charge is 0.103 e. The van der Waals surface area contributed by atoms with E-state index in [2.05, 4.69) is 54.7 Å². The van der Waals surface area contributed by atoms with Crippen LogP contribution < -0.4 is 0 Å². The Labute approximate surface area is 111 Å². The fourth-order valence-electron chi connectivity index (χ4n) is 0.869. The van der Waals surface area contributed by atoms with Gasteiger partial charge in [-0.2, -0.15) is 0 Å². The average Bonchev–Trinajstić information content (AvgIpc) is 2.36. The molecule has 0 nitrogen and oxygen atoms in total. The lowest BCUT2D eigenvalue weighted by Gasteiger charge is -2.09. The molecule has 0 aliphatic heterocycles. The van der Waals surface area contributed by atoms with Crippen LogP contribution in [0.4, 0.5) is 0 Å². The summed E-state index contributed by atoms with van der Waals surface area (Å²) < 4.78 is 0. The van der Waals surface area contributed by atoms with E-state index < -0.39 is 0 Å². The van der Waals surface area contributed by atoms with E-state index in [1.165, 1.54) is 25.7 Å². The van der Waals surface area contributed by atoms with Gasteiger partial charge in [0.15, 0.2) is 0 Å². The van der Waals surface area contributed by atoms with Crippen LogP contribution in [0.3, 0.4) is 0 Å². The van der Waals surface area contributed by atoms with Gasteiger partial charge in [-0.05, 0) is 24.7 Å². The Morgan fingerprint density at radius 3 is 1.59 bits per heavy atom. The maximum atomic E-state index is 3.76. The molecule has 17 heavy (non-hydrogen) atoms. The highest BCUT2D eigenvalue weighted by Gasteiger charge is 2.00. The van der Waals surface area contributed by atoms with Gasteiger partial charge >= 0.3 is 0 Å². The van der Waals surface area contributed by atoms with E-state index in [9.17, 15) is 0 Å². The molecular weight excluding hydrogens is 204 g/mol. The SMILES string of the molecule is C=CC(C)CCC(C)CC.C=CCC.CCC. The molecule has 0 spiro atoms. The van der Waals surface area contributed by atoms with Crippen LogP contribution in [-0.4, -0.2) is 0 Å². The van der Waals surface area contributed by atoms with Gasteiger partial charge in [-0.1, -0.05) is 73.0 Å². The van der Waals surface area contributed by atoms with Gasteiger partial charge in [0.1, 0.15) is 0 Å². The quantitative estimate of drug-likeness (QED) is 0.457. The third-order valence-electron chi connectivity index (χ3n) is 2.50. The van der Waals surface area contributed by atoms with Crippen molar-refractivity contribution in [3.05, 3.63) is 25.3 Å². The van der Waals surface area contributed by atoms with Gasteiger partial charge in [0.05, 0.1) is 0 Å². The van der Waals surface area contributed by atoms with Crippen molar-refractivity contribution in [2.45, 2.75) is 73.6 Å². The smallest absolute Gasteiger partial charge is 0.0265 e. The van der Waals surface area contributed by atoms with Gasteiger partial charge in [-0.15, -0.1) is 13.2 Å². The van der Waals surface area contributed by atoms with Crippen molar-refractivity contribution in [3.8, 4) is 0 Å². The molecule has 0 saturated heterocycles. The molecule has 0 bridgehead atoms. The molecular formula is C17H36. The van der Waals surface area contributed by atoms with Crippen molar-refractivity contribution >= 4 is 0 Å². The van der Waals surface area contributed by atoms with Crippen LogP contribution in [-0.2, 0) is 0 Å². The lowest BCUT2D eigenvalue weighted by atomic mass is 9.97. The molecule has 2 atom stereocenters. The Balaban J connectivity index is -0.000000232. The van der Waals surface area contributed by atoms with Crippen molar-refractivity contribution in [2.75, 3.05) is 0 Å². The van der Waals surface area contributed by atoms with Crippen molar-refractivity contribution in [1.29, 1.82) is 0 Å². The molecule has 0 heteroatoms. The standard InChI is InChI=1S/C10H20.C4H8.C3H8/c1-5-9(3)7-8-10(4)6-2;1-3-4-2;1-3-2/h5,9-10H,1,6-8H2,2-4H3;3H,1,4H2,2H3;3H2,1-2H3. The fraction of sp³-hybridized carbons (Fsp3) is 0.765. The van der Waals surface area contributed by atoms with E-state index in [-0.39, 0.29) is 0 Å². The molecule has 0 rings (SSSR count).